The predicted octanol–water partition coefficient (Wildman–Crippen LogP) is 6.06. The largest absolute Gasteiger partial charge is 0.417 e. The van der Waals surface area contributed by atoms with Gasteiger partial charge < -0.3 is 0 Å². The molecule has 1 aromatic carbocycles. The Labute approximate surface area is 137 Å². The average molecular weight is 348 g/mol. The third-order valence-electron chi connectivity index (χ3n) is 3.48. The number of alkyl halides is 3. The van der Waals surface area contributed by atoms with Gasteiger partial charge >= 0.3 is 6.18 Å². The standard InChI is InChI=1S/C16H14Cl2F3N/c1-9-3-5-12(22-15(9)18)7-10(2)11-4-6-13(14(17)8-11)16(19,20)21/h3-6,8,10H,7H2,1-2H3. The molecule has 0 fully saturated rings. The van der Waals surface area contributed by atoms with Crippen LogP contribution in [0.5, 0.6) is 0 Å². The first-order chi connectivity index (χ1) is 10.2. The molecule has 0 bridgehead atoms. The molecule has 0 saturated heterocycles. The van der Waals surface area contributed by atoms with E-state index in [0.29, 0.717) is 11.6 Å². The van der Waals surface area contributed by atoms with Crippen molar-refractivity contribution in [2.45, 2.75) is 32.4 Å². The molecule has 1 atom stereocenters. The molecular formula is C16H14Cl2F3N. The second-order valence-corrected chi connectivity index (χ2v) is 6.02. The molecule has 0 aliphatic heterocycles. The molecule has 2 rings (SSSR count). The summed E-state index contributed by atoms with van der Waals surface area (Å²) < 4.78 is 38.1. The number of benzene rings is 1. The van der Waals surface area contributed by atoms with Gasteiger partial charge in [-0.3, -0.25) is 0 Å². The van der Waals surface area contributed by atoms with Crippen LogP contribution in [0.3, 0.4) is 0 Å². The van der Waals surface area contributed by atoms with E-state index in [0.717, 1.165) is 22.9 Å². The molecule has 0 amide bonds. The molecule has 6 heteroatoms. The second-order valence-electron chi connectivity index (χ2n) is 5.25. The van der Waals surface area contributed by atoms with E-state index in [1.54, 1.807) is 0 Å². The highest BCUT2D eigenvalue weighted by atomic mass is 35.5. The van der Waals surface area contributed by atoms with Gasteiger partial charge in [-0.15, -0.1) is 0 Å². The Hall–Kier alpha value is -1.26. The number of aromatic nitrogens is 1. The Morgan fingerprint density at radius 1 is 1.14 bits per heavy atom. The van der Waals surface area contributed by atoms with E-state index < -0.39 is 11.7 Å². The van der Waals surface area contributed by atoms with Crippen molar-refractivity contribution in [2.24, 2.45) is 0 Å². The normalized spacial score (nSPS) is 13.2. The van der Waals surface area contributed by atoms with E-state index in [1.807, 2.05) is 26.0 Å². The van der Waals surface area contributed by atoms with Gasteiger partial charge in [0.25, 0.3) is 0 Å². The van der Waals surface area contributed by atoms with E-state index >= 15 is 0 Å². The number of rotatable bonds is 3. The number of halogens is 5. The summed E-state index contributed by atoms with van der Waals surface area (Å²) in [6.07, 6.45) is -3.87. The molecule has 0 aliphatic carbocycles. The Morgan fingerprint density at radius 3 is 2.36 bits per heavy atom. The minimum absolute atomic E-state index is 0.0222. The quantitative estimate of drug-likeness (QED) is 0.614. The zero-order chi connectivity index (χ0) is 16.5. The minimum atomic E-state index is -4.44. The van der Waals surface area contributed by atoms with Crippen LogP contribution < -0.4 is 0 Å². The van der Waals surface area contributed by atoms with Crippen LogP contribution >= 0.6 is 23.2 Å². The van der Waals surface area contributed by atoms with E-state index in [4.69, 9.17) is 23.2 Å². The summed E-state index contributed by atoms with van der Waals surface area (Å²) in [7, 11) is 0. The highest BCUT2D eigenvalue weighted by Gasteiger charge is 2.33. The molecule has 1 nitrogen and oxygen atoms in total. The minimum Gasteiger partial charge on any atom is -0.241 e. The second kappa shape index (κ2) is 6.47. The average Bonchev–Trinajstić information content (AvgIpc) is 2.41. The van der Waals surface area contributed by atoms with Crippen LogP contribution in [0.1, 0.15) is 35.2 Å². The van der Waals surface area contributed by atoms with Gasteiger partial charge in [0.2, 0.25) is 0 Å². The van der Waals surface area contributed by atoms with E-state index in [2.05, 4.69) is 4.98 Å². The van der Waals surface area contributed by atoms with Crippen LogP contribution in [0, 0.1) is 6.92 Å². The van der Waals surface area contributed by atoms with Crippen molar-refractivity contribution in [1.29, 1.82) is 0 Å². The number of pyridine rings is 1. The Morgan fingerprint density at radius 2 is 1.82 bits per heavy atom. The lowest BCUT2D eigenvalue weighted by atomic mass is 9.95. The molecule has 0 saturated carbocycles. The van der Waals surface area contributed by atoms with E-state index in [-0.39, 0.29) is 10.9 Å². The summed E-state index contributed by atoms with van der Waals surface area (Å²) in [5.74, 6) is -0.0222. The molecule has 0 aliphatic rings. The zero-order valence-corrected chi connectivity index (χ0v) is 13.5. The van der Waals surface area contributed by atoms with Crippen LogP contribution in [-0.2, 0) is 12.6 Å². The molecule has 1 aromatic heterocycles. The highest BCUT2D eigenvalue weighted by molar-refractivity contribution is 6.31. The Kier molecular flexibility index (Phi) is 5.03. The Bertz CT molecular complexity index is 684. The smallest absolute Gasteiger partial charge is 0.241 e. The van der Waals surface area contributed by atoms with E-state index in [9.17, 15) is 13.2 Å². The summed E-state index contributed by atoms with van der Waals surface area (Å²) >= 11 is 11.7. The van der Waals surface area contributed by atoms with Crippen molar-refractivity contribution >= 4 is 23.2 Å². The predicted molar refractivity (Wildman–Crippen MR) is 82.6 cm³/mol. The van der Waals surface area contributed by atoms with Gasteiger partial charge in [-0.05, 0) is 48.6 Å². The number of hydrogen-bond donors (Lipinski definition) is 0. The lowest BCUT2D eigenvalue weighted by molar-refractivity contribution is -0.137. The summed E-state index contributed by atoms with van der Waals surface area (Å²) in [5.41, 5.74) is 1.59. The summed E-state index contributed by atoms with van der Waals surface area (Å²) in [6.45, 7) is 3.77. The number of aryl methyl sites for hydroxylation is 1. The molecule has 118 valence electrons. The topological polar surface area (TPSA) is 12.9 Å². The summed E-state index contributed by atoms with van der Waals surface area (Å²) in [6, 6.07) is 7.57. The van der Waals surface area contributed by atoms with Gasteiger partial charge in [-0.1, -0.05) is 42.3 Å². The first-order valence-electron chi connectivity index (χ1n) is 6.67. The fourth-order valence-corrected chi connectivity index (χ4v) is 2.62. The first-order valence-corrected chi connectivity index (χ1v) is 7.42. The van der Waals surface area contributed by atoms with Gasteiger partial charge in [0.05, 0.1) is 10.6 Å². The van der Waals surface area contributed by atoms with Crippen LogP contribution in [0.2, 0.25) is 10.2 Å². The summed E-state index contributed by atoms with van der Waals surface area (Å²) in [4.78, 5) is 4.27. The first kappa shape index (κ1) is 17.1. The molecule has 22 heavy (non-hydrogen) atoms. The van der Waals surface area contributed by atoms with Crippen molar-refractivity contribution in [1.82, 2.24) is 4.98 Å². The maximum atomic E-state index is 12.7. The fourth-order valence-electron chi connectivity index (χ4n) is 2.15. The molecule has 0 spiro atoms. The highest BCUT2D eigenvalue weighted by Crippen LogP contribution is 2.36. The van der Waals surface area contributed by atoms with Crippen molar-refractivity contribution < 1.29 is 13.2 Å². The van der Waals surface area contributed by atoms with Crippen LogP contribution in [0.25, 0.3) is 0 Å². The lowest BCUT2D eigenvalue weighted by Gasteiger charge is -2.15. The molecule has 1 unspecified atom stereocenters. The van der Waals surface area contributed by atoms with Crippen LogP contribution in [0.15, 0.2) is 30.3 Å². The molecule has 2 aromatic rings. The van der Waals surface area contributed by atoms with Crippen molar-refractivity contribution in [3.63, 3.8) is 0 Å². The van der Waals surface area contributed by atoms with Crippen LogP contribution in [-0.4, -0.2) is 4.98 Å². The fraction of sp³-hybridized carbons (Fsp3) is 0.312. The SMILES string of the molecule is Cc1ccc(CC(C)c2ccc(C(F)(F)F)c(Cl)c2)nc1Cl. The van der Waals surface area contributed by atoms with E-state index in [1.165, 1.54) is 12.1 Å². The molecule has 0 radical (unpaired) electrons. The maximum Gasteiger partial charge on any atom is 0.417 e. The lowest BCUT2D eigenvalue weighted by Crippen LogP contribution is -2.07. The van der Waals surface area contributed by atoms with Crippen molar-refractivity contribution in [3.05, 3.63) is 62.9 Å². The molecule has 0 N–H and O–H groups in total. The van der Waals surface area contributed by atoms with Gasteiger partial charge in [0.15, 0.2) is 0 Å². The van der Waals surface area contributed by atoms with Gasteiger partial charge in [-0.2, -0.15) is 13.2 Å². The molecule has 1 heterocycles. The molecular weight excluding hydrogens is 334 g/mol. The Balaban J connectivity index is 2.21. The monoisotopic (exact) mass is 347 g/mol. The van der Waals surface area contributed by atoms with Gasteiger partial charge in [0.1, 0.15) is 5.15 Å². The van der Waals surface area contributed by atoms with Gasteiger partial charge in [-0.25, -0.2) is 4.98 Å². The van der Waals surface area contributed by atoms with Gasteiger partial charge in [0, 0.05) is 5.69 Å². The van der Waals surface area contributed by atoms with Crippen LogP contribution in [0.4, 0.5) is 13.2 Å². The van der Waals surface area contributed by atoms with Crippen molar-refractivity contribution in [3.8, 4) is 0 Å². The zero-order valence-electron chi connectivity index (χ0n) is 12.0. The third kappa shape index (κ3) is 3.93. The summed E-state index contributed by atoms with van der Waals surface area (Å²) in [5, 5.41) is 0.155. The maximum absolute atomic E-state index is 12.7. The third-order valence-corrected chi connectivity index (χ3v) is 4.17. The number of hydrogen-bond acceptors (Lipinski definition) is 1. The number of nitrogens with zero attached hydrogens (tertiary/aromatic N) is 1. The van der Waals surface area contributed by atoms with Crippen molar-refractivity contribution in [2.75, 3.05) is 0 Å².